The van der Waals surface area contributed by atoms with E-state index in [4.69, 9.17) is 4.74 Å². The largest absolute Gasteiger partial charge is 0.474 e. The standard InChI is InChI=1S/C9H12N2O.C2H6/c1-7-5-8-9(10-6-7)12-4-3-11(8)2;1-2/h5-6H,3-4H2,1-2H3;1-2H3. The van der Waals surface area contributed by atoms with Crippen LogP contribution in [0.3, 0.4) is 0 Å². The molecule has 0 N–H and O–H groups in total. The highest BCUT2D eigenvalue weighted by atomic mass is 16.5. The van der Waals surface area contributed by atoms with Gasteiger partial charge in [-0.2, -0.15) is 0 Å². The molecule has 0 atom stereocenters. The Kier molecular flexibility index (Phi) is 3.74. The van der Waals surface area contributed by atoms with Gasteiger partial charge in [0.15, 0.2) is 0 Å². The summed E-state index contributed by atoms with van der Waals surface area (Å²) in [6, 6.07) is 2.10. The molecule has 3 nitrogen and oxygen atoms in total. The van der Waals surface area contributed by atoms with E-state index < -0.39 is 0 Å². The molecule has 0 aromatic carbocycles. The number of hydrogen-bond donors (Lipinski definition) is 0. The zero-order chi connectivity index (χ0) is 10.6. The summed E-state index contributed by atoms with van der Waals surface area (Å²) in [5.74, 6) is 0.759. The van der Waals surface area contributed by atoms with Crippen molar-refractivity contribution in [1.29, 1.82) is 0 Å². The molecule has 2 rings (SSSR count). The third-order valence-electron chi connectivity index (χ3n) is 2.05. The highest BCUT2D eigenvalue weighted by Crippen LogP contribution is 2.28. The Morgan fingerprint density at radius 3 is 2.86 bits per heavy atom. The molecule has 0 bridgehead atoms. The molecule has 0 saturated carbocycles. The molecule has 14 heavy (non-hydrogen) atoms. The van der Waals surface area contributed by atoms with Crippen molar-refractivity contribution in [2.75, 3.05) is 25.1 Å². The van der Waals surface area contributed by atoms with Gasteiger partial charge in [-0.25, -0.2) is 4.98 Å². The van der Waals surface area contributed by atoms with E-state index in [1.54, 1.807) is 0 Å². The molecule has 1 aromatic rings. The van der Waals surface area contributed by atoms with Gasteiger partial charge in [0.05, 0.1) is 12.2 Å². The van der Waals surface area contributed by atoms with E-state index in [0.29, 0.717) is 0 Å². The summed E-state index contributed by atoms with van der Waals surface area (Å²) in [4.78, 5) is 6.37. The van der Waals surface area contributed by atoms with E-state index in [-0.39, 0.29) is 0 Å². The van der Waals surface area contributed by atoms with Crippen molar-refractivity contribution in [2.45, 2.75) is 20.8 Å². The number of likely N-dealkylation sites (N-methyl/N-ethyl adjacent to an activating group) is 1. The van der Waals surface area contributed by atoms with Gasteiger partial charge in [0.25, 0.3) is 0 Å². The predicted molar refractivity (Wildman–Crippen MR) is 59.1 cm³/mol. The minimum Gasteiger partial charge on any atom is -0.474 e. The van der Waals surface area contributed by atoms with Crippen molar-refractivity contribution in [3.63, 3.8) is 0 Å². The van der Waals surface area contributed by atoms with Crippen LogP contribution in [0.1, 0.15) is 19.4 Å². The quantitative estimate of drug-likeness (QED) is 0.633. The Morgan fingerprint density at radius 1 is 1.43 bits per heavy atom. The topological polar surface area (TPSA) is 25.4 Å². The lowest BCUT2D eigenvalue weighted by molar-refractivity contribution is 0.298. The second-order valence-electron chi connectivity index (χ2n) is 3.11. The third kappa shape index (κ3) is 2.16. The number of ether oxygens (including phenoxy) is 1. The van der Waals surface area contributed by atoms with Crippen molar-refractivity contribution in [2.24, 2.45) is 0 Å². The number of pyridine rings is 1. The molecule has 0 spiro atoms. The number of anilines is 1. The van der Waals surface area contributed by atoms with Crippen LogP contribution in [0, 0.1) is 6.92 Å². The fourth-order valence-corrected chi connectivity index (χ4v) is 1.33. The summed E-state index contributed by atoms with van der Waals surface area (Å²) in [5.41, 5.74) is 2.27. The van der Waals surface area contributed by atoms with E-state index in [0.717, 1.165) is 24.7 Å². The maximum Gasteiger partial charge on any atom is 0.237 e. The van der Waals surface area contributed by atoms with Crippen LogP contribution in [0.15, 0.2) is 12.3 Å². The van der Waals surface area contributed by atoms with Crippen LogP contribution in [0.5, 0.6) is 5.88 Å². The van der Waals surface area contributed by atoms with Crippen LogP contribution in [0.4, 0.5) is 5.69 Å². The second kappa shape index (κ2) is 4.84. The van der Waals surface area contributed by atoms with E-state index >= 15 is 0 Å². The molecule has 1 aromatic heterocycles. The summed E-state index contributed by atoms with van der Waals surface area (Å²) in [7, 11) is 2.06. The Hall–Kier alpha value is -1.25. The van der Waals surface area contributed by atoms with Gasteiger partial charge in [0, 0.05) is 13.2 Å². The van der Waals surface area contributed by atoms with Gasteiger partial charge in [-0.15, -0.1) is 0 Å². The highest BCUT2D eigenvalue weighted by Gasteiger charge is 2.15. The molecule has 3 heteroatoms. The Labute approximate surface area is 85.7 Å². The lowest BCUT2D eigenvalue weighted by atomic mass is 10.2. The minimum absolute atomic E-state index is 0.736. The SMILES string of the molecule is CC.Cc1cnc2c(c1)N(C)CCO2. The zero-order valence-corrected chi connectivity index (χ0v) is 9.37. The summed E-state index contributed by atoms with van der Waals surface area (Å²) in [6.45, 7) is 7.72. The molecule has 0 radical (unpaired) electrons. The molecule has 1 aliphatic rings. The van der Waals surface area contributed by atoms with Gasteiger partial charge < -0.3 is 9.64 Å². The van der Waals surface area contributed by atoms with E-state index in [1.807, 2.05) is 27.0 Å². The van der Waals surface area contributed by atoms with Crippen molar-refractivity contribution < 1.29 is 4.74 Å². The van der Waals surface area contributed by atoms with E-state index in [1.165, 1.54) is 5.56 Å². The van der Waals surface area contributed by atoms with E-state index in [9.17, 15) is 0 Å². The van der Waals surface area contributed by atoms with E-state index in [2.05, 4.69) is 23.0 Å². The van der Waals surface area contributed by atoms with Crippen molar-refractivity contribution in [3.05, 3.63) is 17.8 Å². The maximum absolute atomic E-state index is 5.40. The van der Waals surface area contributed by atoms with Crippen LogP contribution in [0.2, 0.25) is 0 Å². The minimum atomic E-state index is 0.736. The number of fused-ring (bicyclic) bond motifs is 1. The summed E-state index contributed by atoms with van der Waals surface area (Å²) >= 11 is 0. The normalized spacial score (nSPS) is 13.6. The second-order valence-corrected chi connectivity index (χ2v) is 3.11. The number of aryl methyl sites for hydroxylation is 1. The Morgan fingerprint density at radius 2 is 2.14 bits per heavy atom. The van der Waals surface area contributed by atoms with Crippen LogP contribution in [0.25, 0.3) is 0 Å². The average molecular weight is 194 g/mol. The van der Waals surface area contributed by atoms with Gasteiger partial charge in [-0.3, -0.25) is 0 Å². The van der Waals surface area contributed by atoms with Gasteiger partial charge >= 0.3 is 0 Å². The van der Waals surface area contributed by atoms with Crippen molar-refractivity contribution in [3.8, 4) is 5.88 Å². The van der Waals surface area contributed by atoms with Crippen molar-refractivity contribution in [1.82, 2.24) is 4.98 Å². The molecule has 2 heterocycles. The zero-order valence-electron chi connectivity index (χ0n) is 9.37. The lowest BCUT2D eigenvalue weighted by Crippen LogP contribution is -2.29. The molecular formula is C11H18N2O. The molecular weight excluding hydrogens is 176 g/mol. The van der Waals surface area contributed by atoms with Crippen LogP contribution in [-0.2, 0) is 0 Å². The maximum atomic E-state index is 5.40. The van der Waals surface area contributed by atoms with Crippen LogP contribution in [-0.4, -0.2) is 25.2 Å². The molecule has 0 saturated heterocycles. The first kappa shape index (κ1) is 10.8. The highest BCUT2D eigenvalue weighted by molar-refractivity contribution is 5.56. The van der Waals surface area contributed by atoms with Gasteiger partial charge in [0.2, 0.25) is 5.88 Å². The summed E-state index contributed by atoms with van der Waals surface area (Å²) in [6.07, 6.45) is 1.83. The first-order valence-electron chi connectivity index (χ1n) is 5.08. The lowest BCUT2D eigenvalue weighted by Gasteiger charge is -2.26. The molecule has 0 aliphatic carbocycles. The summed E-state index contributed by atoms with van der Waals surface area (Å²) in [5, 5.41) is 0. The number of nitrogens with zero attached hydrogens (tertiary/aromatic N) is 2. The fraction of sp³-hybridized carbons (Fsp3) is 0.545. The molecule has 0 amide bonds. The number of hydrogen-bond acceptors (Lipinski definition) is 3. The average Bonchev–Trinajstić information content (AvgIpc) is 2.22. The summed E-state index contributed by atoms with van der Waals surface area (Å²) < 4.78 is 5.40. The smallest absolute Gasteiger partial charge is 0.237 e. The third-order valence-corrected chi connectivity index (χ3v) is 2.05. The predicted octanol–water partition coefficient (Wildman–Crippen LogP) is 2.24. The van der Waals surface area contributed by atoms with Crippen molar-refractivity contribution >= 4 is 5.69 Å². The monoisotopic (exact) mass is 194 g/mol. The fourth-order valence-electron chi connectivity index (χ4n) is 1.33. The molecule has 78 valence electrons. The first-order valence-corrected chi connectivity index (χ1v) is 5.08. The molecule has 0 fully saturated rings. The Balaban J connectivity index is 0.000000461. The molecule has 0 unspecified atom stereocenters. The van der Waals surface area contributed by atoms with Crippen LogP contribution < -0.4 is 9.64 Å². The first-order chi connectivity index (χ1) is 6.77. The molecule has 1 aliphatic heterocycles. The van der Waals surface area contributed by atoms with Crippen LogP contribution >= 0.6 is 0 Å². The van der Waals surface area contributed by atoms with Gasteiger partial charge in [0.1, 0.15) is 6.61 Å². The van der Waals surface area contributed by atoms with Gasteiger partial charge in [-0.1, -0.05) is 13.8 Å². The number of rotatable bonds is 0. The van der Waals surface area contributed by atoms with Gasteiger partial charge in [-0.05, 0) is 18.6 Å². The Bertz CT molecular complexity index is 299. The number of aromatic nitrogens is 1.